The van der Waals surface area contributed by atoms with Crippen LogP contribution >= 0.6 is 88.9 Å². The minimum absolute atomic E-state index is 0. The van der Waals surface area contributed by atoms with Gasteiger partial charge in [-0.1, -0.05) is 46.4 Å². The van der Waals surface area contributed by atoms with Crippen LogP contribution in [0.15, 0.2) is 79.9 Å². The van der Waals surface area contributed by atoms with Crippen molar-refractivity contribution >= 4 is 119 Å². The van der Waals surface area contributed by atoms with Crippen LogP contribution in [0.5, 0.6) is 0 Å². The highest BCUT2D eigenvalue weighted by atomic mass is 79.9. The number of hydrogen-bond acceptors (Lipinski definition) is 9. The van der Waals surface area contributed by atoms with Crippen molar-refractivity contribution in [1.29, 1.82) is 0 Å². The summed E-state index contributed by atoms with van der Waals surface area (Å²) in [5.41, 5.74) is 7.62. The summed E-state index contributed by atoms with van der Waals surface area (Å²) in [6.45, 7) is 3.26. The number of benzene rings is 2. The van der Waals surface area contributed by atoms with Gasteiger partial charge in [-0.2, -0.15) is 0 Å². The second-order valence-electron chi connectivity index (χ2n) is 8.94. The Balaban J connectivity index is 0.000000737. The lowest BCUT2D eigenvalue weighted by Gasteiger charge is -2.24. The molecule has 0 fully saturated rings. The lowest BCUT2D eigenvalue weighted by Crippen LogP contribution is -3.00. The maximum Gasteiger partial charge on any atom is 0.266 e. The van der Waals surface area contributed by atoms with E-state index in [0.717, 1.165) is 4.31 Å². The van der Waals surface area contributed by atoms with Gasteiger partial charge < -0.3 is 27.6 Å². The van der Waals surface area contributed by atoms with Crippen molar-refractivity contribution in [2.24, 2.45) is 0 Å². The minimum atomic E-state index is -3.87. The van der Waals surface area contributed by atoms with E-state index in [1.807, 2.05) is 0 Å². The van der Waals surface area contributed by atoms with Crippen LogP contribution in [-0.4, -0.2) is 54.9 Å². The van der Waals surface area contributed by atoms with Gasteiger partial charge in [0.2, 0.25) is 0 Å². The van der Waals surface area contributed by atoms with Crippen molar-refractivity contribution in [3.05, 3.63) is 101 Å². The van der Waals surface area contributed by atoms with Gasteiger partial charge in [0.1, 0.15) is 15.9 Å². The molecule has 48 heavy (non-hydrogen) atoms. The van der Waals surface area contributed by atoms with Gasteiger partial charge in [0.25, 0.3) is 19.1 Å². The fraction of sp³-hybridized carbons (Fsp3) is 0.214. The van der Waals surface area contributed by atoms with Crippen LogP contribution in [0, 0.1) is 13.8 Å². The molecule has 0 saturated carbocycles. The monoisotopic (exact) mass is 949 g/mol. The highest BCUT2D eigenvalue weighted by molar-refractivity contribution is 9.10. The van der Waals surface area contributed by atoms with E-state index in [4.69, 9.17) is 67.6 Å². The number of sulfonamides is 1. The van der Waals surface area contributed by atoms with Gasteiger partial charge in [-0.05, 0) is 105 Å². The molecule has 2 aromatic carbocycles. The minimum Gasteiger partial charge on any atom is -1.00 e. The fourth-order valence-electron chi connectivity index (χ4n) is 3.08. The zero-order valence-corrected chi connectivity index (χ0v) is 35.0. The van der Waals surface area contributed by atoms with E-state index in [0.29, 0.717) is 46.1 Å². The third-order valence-electron chi connectivity index (χ3n) is 5.26. The van der Waals surface area contributed by atoms with E-state index >= 15 is 0 Å². The molecule has 0 radical (unpaired) electrons. The predicted octanol–water partition coefficient (Wildman–Crippen LogP) is 6.18. The number of nitrogens with zero attached hydrogens (tertiary/aromatic N) is 3. The molecule has 266 valence electrons. The molecule has 4 aromatic rings. The first-order chi connectivity index (χ1) is 21.8. The highest BCUT2D eigenvalue weighted by Gasteiger charge is 2.27. The standard InChI is InChI=1S/C14H13BrCl2N2O3S.C7H6Cl2O2S.C5H4BrClN2.C2H6O.ClH/c1-9-5-11(3-4-12(9)17)23(20,21)19(8-22-2)13-6-10(16)7-18-14(13)15;1-5-4-6(12(9,10)11)2-3-7(5)8;6-5-4(8)1-3(7)2-9-5;1-3-2;/h3-7H,8H2,1-2H3;2-4H,1H3;1-2H,8H2;1-2H3;1H/p-1. The van der Waals surface area contributed by atoms with Crippen LogP contribution in [-0.2, 0) is 28.5 Å². The molecular weight excluding hydrogens is 925 g/mol. The third-order valence-corrected chi connectivity index (χ3v) is 10.9. The van der Waals surface area contributed by atoms with Gasteiger partial charge in [0.05, 0.1) is 31.2 Å². The average Bonchev–Trinajstić information content (AvgIpc) is 2.98. The van der Waals surface area contributed by atoms with Crippen molar-refractivity contribution in [3.63, 3.8) is 0 Å². The Hall–Kier alpha value is -1.14. The lowest BCUT2D eigenvalue weighted by molar-refractivity contribution is -0.0000144. The van der Waals surface area contributed by atoms with Crippen molar-refractivity contribution < 1.29 is 38.7 Å². The van der Waals surface area contributed by atoms with Gasteiger partial charge in [-0.15, -0.1) is 0 Å². The molecule has 2 N–H and O–H groups in total. The molecule has 0 atom stereocenters. The van der Waals surface area contributed by atoms with E-state index < -0.39 is 19.1 Å². The Morgan fingerprint density at radius 3 is 1.62 bits per heavy atom. The third kappa shape index (κ3) is 15.0. The largest absolute Gasteiger partial charge is 1.00 e. The zero-order valence-electron chi connectivity index (χ0n) is 25.7. The maximum absolute atomic E-state index is 13.0. The Morgan fingerprint density at radius 1 is 0.771 bits per heavy atom. The molecule has 20 heteroatoms. The predicted molar refractivity (Wildman–Crippen MR) is 198 cm³/mol. The van der Waals surface area contributed by atoms with E-state index in [2.05, 4.69) is 46.6 Å². The molecule has 0 aliphatic heterocycles. The molecular formula is C28H29Br2Cl6N4O6S2-. The highest BCUT2D eigenvalue weighted by Crippen LogP contribution is 2.32. The van der Waals surface area contributed by atoms with E-state index in [9.17, 15) is 16.8 Å². The summed E-state index contributed by atoms with van der Waals surface area (Å²) < 4.78 is 58.9. The zero-order chi connectivity index (χ0) is 36.1. The Bertz CT molecular complexity index is 1880. The number of nitrogens with two attached hydrogens (primary N) is 1. The van der Waals surface area contributed by atoms with Gasteiger partial charge in [-0.25, -0.2) is 31.1 Å². The van der Waals surface area contributed by atoms with Crippen LogP contribution < -0.4 is 22.4 Å². The fourth-order valence-corrected chi connectivity index (χ4v) is 6.70. The Labute approximate surface area is 328 Å². The summed E-state index contributed by atoms with van der Waals surface area (Å²) in [4.78, 5) is 8.04. The van der Waals surface area contributed by atoms with Crippen molar-refractivity contribution in [1.82, 2.24) is 9.97 Å². The van der Waals surface area contributed by atoms with Crippen LogP contribution in [0.1, 0.15) is 11.1 Å². The molecule has 0 spiro atoms. The lowest BCUT2D eigenvalue weighted by atomic mass is 10.2. The summed E-state index contributed by atoms with van der Waals surface area (Å²) in [7, 11) is 2.26. The summed E-state index contributed by atoms with van der Waals surface area (Å²) in [5.74, 6) is 0. The number of ether oxygens (including phenoxy) is 2. The quantitative estimate of drug-likeness (QED) is 0.136. The maximum atomic E-state index is 13.0. The summed E-state index contributed by atoms with van der Waals surface area (Å²) in [6, 6.07) is 11.9. The van der Waals surface area contributed by atoms with Crippen LogP contribution in [0.3, 0.4) is 0 Å². The summed E-state index contributed by atoms with van der Waals surface area (Å²) in [5, 5.41) is 1.88. The summed E-state index contributed by atoms with van der Waals surface area (Å²) in [6.07, 6.45) is 2.95. The first-order valence-electron chi connectivity index (χ1n) is 12.6. The van der Waals surface area contributed by atoms with Gasteiger partial charge in [-0.3, -0.25) is 0 Å². The van der Waals surface area contributed by atoms with Gasteiger partial charge in [0.15, 0.2) is 0 Å². The number of aromatic nitrogens is 2. The van der Waals surface area contributed by atoms with Crippen LogP contribution in [0.25, 0.3) is 0 Å². The second kappa shape index (κ2) is 21.9. The second-order valence-corrected chi connectivity index (χ2v) is 16.6. The molecule has 4 rings (SSSR count). The smallest absolute Gasteiger partial charge is 0.266 e. The summed E-state index contributed by atoms with van der Waals surface area (Å²) >= 11 is 29.5. The van der Waals surface area contributed by atoms with Crippen LogP contribution in [0.4, 0.5) is 11.4 Å². The molecule has 0 unspecified atom stereocenters. The normalized spacial score (nSPS) is 10.6. The number of hydrogen-bond donors (Lipinski definition) is 1. The molecule has 2 heterocycles. The average molecular weight is 954 g/mol. The topological polar surface area (TPSA) is 142 Å². The van der Waals surface area contributed by atoms with Crippen LogP contribution in [0.2, 0.25) is 20.1 Å². The Kier molecular flexibility index (Phi) is 21.4. The number of halogens is 8. The number of aryl methyl sites for hydroxylation is 2. The number of nitrogen functional groups attached to an aromatic ring is 1. The molecule has 0 saturated heterocycles. The van der Waals surface area contributed by atoms with Crippen molar-refractivity contribution in [3.8, 4) is 0 Å². The molecule has 10 nitrogen and oxygen atoms in total. The molecule has 0 bridgehead atoms. The van der Waals surface area contributed by atoms with Crippen molar-refractivity contribution in [2.45, 2.75) is 23.6 Å². The molecule has 0 aliphatic carbocycles. The molecule has 0 amide bonds. The van der Waals surface area contributed by atoms with E-state index in [1.165, 1.54) is 55.9 Å². The first kappa shape index (κ1) is 46.9. The number of rotatable bonds is 6. The first-order valence-corrected chi connectivity index (χ1v) is 19.4. The molecule has 2 aromatic heterocycles. The Morgan fingerprint density at radius 2 is 1.21 bits per heavy atom. The number of pyridine rings is 2. The van der Waals surface area contributed by atoms with Gasteiger partial charge >= 0.3 is 0 Å². The van der Waals surface area contributed by atoms with E-state index in [-0.39, 0.29) is 34.6 Å². The SMILES string of the molecule is COC.COCN(c1cc(Cl)cnc1Br)S(=O)(=O)c1ccc(Cl)c(C)c1.Cc1cc(S(=O)(=O)Cl)ccc1Cl.Nc1cc(Cl)cnc1Br.[Cl-]. The van der Waals surface area contributed by atoms with E-state index in [1.54, 1.807) is 40.2 Å². The molecule has 0 aliphatic rings. The number of anilines is 2. The van der Waals surface area contributed by atoms with Gasteiger partial charge in [0, 0.05) is 54.5 Å². The van der Waals surface area contributed by atoms with Crippen molar-refractivity contribution in [2.75, 3.05) is 38.1 Å². The number of methoxy groups -OCH3 is 2.